The van der Waals surface area contributed by atoms with E-state index in [1.54, 1.807) is 0 Å². The van der Waals surface area contributed by atoms with Gasteiger partial charge >= 0.3 is 0 Å². The van der Waals surface area contributed by atoms with Gasteiger partial charge in [0.1, 0.15) is 0 Å². The molecule has 1 fully saturated rings. The molecule has 4 heteroatoms. The van der Waals surface area contributed by atoms with Crippen molar-refractivity contribution >= 4 is 18.3 Å². The van der Waals surface area contributed by atoms with Gasteiger partial charge < -0.3 is 11.1 Å². The van der Waals surface area contributed by atoms with Crippen LogP contribution in [0.2, 0.25) is 0 Å². The first-order chi connectivity index (χ1) is 9.99. The van der Waals surface area contributed by atoms with Gasteiger partial charge in [0.05, 0.1) is 0 Å². The molecule has 1 unspecified atom stereocenters. The van der Waals surface area contributed by atoms with Gasteiger partial charge in [-0.15, -0.1) is 12.4 Å². The van der Waals surface area contributed by atoms with Crippen molar-refractivity contribution in [3.8, 4) is 0 Å². The maximum absolute atomic E-state index is 12.4. The zero-order valence-corrected chi connectivity index (χ0v) is 14.7. The van der Waals surface area contributed by atoms with Gasteiger partial charge in [-0.2, -0.15) is 0 Å². The summed E-state index contributed by atoms with van der Waals surface area (Å²) in [7, 11) is 0. The van der Waals surface area contributed by atoms with Gasteiger partial charge in [-0.05, 0) is 58.1 Å². The summed E-state index contributed by atoms with van der Waals surface area (Å²) in [6.07, 6.45) is 4.10. The van der Waals surface area contributed by atoms with Crippen LogP contribution in [0, 0.1) is 25.7 Å². The van der Waals surface area contributed by atoms with E-state index in [1.165, 1.54) is 16.7 Å². The maximum atomic E-state index is 12.4. The number of nitrogens with one attached hydrogen (secondary N) is 1. The molecule has 22 heavy (non-hydrogen) atoms. The van der Waals surface area contributed by atoms with Gasteiger partial charge in [0.15, 0.2) is 0 Å². The number of hydrogen-bond donors (Lipinski definition) is 2. The molecule has 1 aromatic rings. The molecule has 3 nitrogen and oxygen atoms in total. The second kappa shape index (κ2) is 8.54. The summed E-state index contributed by atoms with van der Waals surface area (Å²) in [4.78, 5) is 12.4. The molecule has 2 rings (SSSR count). The minimum absolute atomic E-state index is 0. The molecule has 3 atom stereocenters. The lowest BCUT2D eigenvalue weighted by Gasteiger charge is -2.21. The average molecular weight is 325 g/mol. The summed E-state index contributed by atoms with van der Waals surface area (Å²) in [5.74, 6) is 0.690. The highest BCUT2D eigenvalue weighted by Gasteiger charge is 2.32. The van der Waals surface area contributed by atoms with Gasteiger partial charge in [-0.25, -0.2) is 0 Å². The Labute approximate surface area is 140 Å². The lowest BCUT2D eigenvalue weighted by molar-refractivity contribution is -0.126. The zero-order valence-electron chi connectivity index (χ0n) is 13.9. The van der Waals surface area contributed by atoms with Gasteiger partial charge in [0.25, 0.3) is 0 Å². The number of nitrogens with two attached hydrogens (primary N) is 1. The Morgan fingerprint density at radius 2 is 1.91 bits per heavy atom. The third-order valence-electron chi connectivity index (χ3n) is 4.51. The standard InChI is InChI=1S/C18H28N2O.ClH/c1-12-7-13(2)9-15(8-12)10-14(3)20-18(21)17-6-4-5-16(17)11-19;/h7-9,14,16-17H,4-6,10-11,19H2,1-3H3,(H,20,21);1H/t14?,16-,17-;/m1./s1. The molecule has 0 aromatic heterocycles. The van der Waals surface area contributed by atoms with E-state index in [0.29, 0.717) is 12.5 Å². The van der Waals surface area contributed by atoms with E-state index >= 15 is 0 Å². The molecule has 1 aromatic carbocycles. The van der Waals surface area contributed by atoms with E-state index in [4.69, 9.17) is 5.73 Å². The van der Waals surface area contributed by atoms with Crippen LogP contribution in [0.3, 0.4) is 0 Å². The summed E-state index contributed by atoms with van der Waals surface area (Å²) >= 11 is 0. The summed E-state index contributed by atoms with van der Waals surface area (Å²) in [5.41, 5.74) is 9.62. The van der Waals surface area contributed by atoms with Crippen molar-refractivity contribution in [3.05, 3.63) is 34.9 Å². The summed E-state index contributed by atoms with van der Waals surface area (Å²) in [6.45, 7) is 6.94. The Balaban J connectivity index is 0.00000242. The van der Waals surface area contributed by atoms with Crippen LogP contribution in [0.4, 0.5) is 0 Å². The Kier molecular flexibility index (Phi) is 7.37. The third-order valence-corrected chi connectivity index (χ3v) is 4.51. The Hall–Kier alpha value is -1.06. The average Bonchev–Trinajstić information content (AvgIpc) is 2.85. The number of aryl methyl sites for hydroxylation is 2. The smallest absolute Gasteiger partial charge is 0.223 e. The highest BCUT2D eigenvalue weighted by Crippen LogP contribution is 2.31. The predicted molar refractivity (Wildman–Crippen MR) is 94.4 cm³/mol. The zero-order chi connectivity index (χ0) is 15.4. The first kappa shape index (κ1) is 19.0. The van der Waals surface area contributed by atoms with Crippen LogP contribution in [0.5, 0.6) is 0 Å². The van der Waals surface area contributed by atoms with E-state index < -0.39 is 0 Å². The van der Waals surface area contributed by atoms with Crippen molar-refractivity contribution in [2.45, 2.75) is 52.5 Å². The number of carbonyl (C=O) groups is 1. The van der Waals surface area contributed by atoms with Gasteiger partial charge in [-0.3, -0.25) is 4.79 Å². The molecule has 0 saturated heterocycles. The van der Waals surface area contributed by atoms with Crippen molar-refractivity contribution in [1.82, 2.24) is 5.32 Å². The van der Waals surface area contributed by atoms with Crippen molar-refractivity contribution in [3.63, 3.8) is 0 Å². The minimum atomic E-state index is 0. The van der Waals surface area contributed by atoms with Crippen LogP contribution in [0.1, 0.15) is 42.9 Å². The molecule has 1 aliphatic rings. The SMILES string of the molecule is Cc1cc(C)cc(CC(C)NC(=O)[C@@H]2CCC[C@@H]2CN)c1.Cl. The maximum Gasteiger partial charge on any atom is 0.223 e. The summed E-state index contributed by atoms with van der Waals surface area (Å²) < 4.78 is 0. The predicted octanol–water partition coefficient (Wildman–Crippen LogP) is 3.15. The fraction of sp³-hybridized carbons (Fsp3) is 0.611. The number of benzene rings is 1. The summed E-state index contributed by atoms with van der Waals surface area (Å²) in [5, 5.41) is 3.18. The normalized spacial score (nSPS) is 22.0. The molecule has 1 saturated carbocycles. The second-order valence-corrected chi connectivity index (χ2v) is 6.64. The molecular weight excluding hydrogens is 296 g/mol. The number of halogens is 1. The largest absolute Gasteiger partial charge is 0.353 e. The van der Waals surface area contributed by atoms with Crippen LogP contribution in [-0.2, 0) is 11.2 Å². The lowest BCUT2D eigenvalue weighted by Crippen LogP contribution is -2.40. The van der Waals surface area contributed by atoms with E-state index in [1.807, 2.05) is 0 Å². The Morgan fingerprint density at radius 3 is 2.50 bits per heavy atom. The van der Waals surface area contributed by atoms with E-state index in [-0.39, 0.29) is 30.3 Å². The van der Waals surface area contributed by atoms with E-state index in [9.17, 15) is 4.79 Å². The van der Waals surface area contributed by atoms with E-state index in [0.717, 1.165) is 25.7 Å². The molecule has 1 aliphatic carbocycles. The molecule has 0 bridgehead atoms. The van der Waals surface area contributed by atoms with Crippen LogP contribution in [0.15, 0.2) is 18.2 Å². The fourth-order valence-electron chi connectivity index (χ4n) is 3.61. The fourth-order valence-corrected chi connectivity index (χ4v) is 3.61. The molecule has 0 heterocycles. The van der Waals surface area contributed by atoms with Crippen molar-refractivity contribution < 1.29 is 4.79 Å². The Morgan fingerprint density at radius 1 is 1.27 bits per heavy atom. The molecular formula is C18H29ClN2O. The molecule has 0 spiro atoms. The number of amides is 1. The van der Waals surface area contributed by atoms with Gasteiger partial charge in [0, 0.05) is 12.0 Å². The van der Waals surface area contributed by atoms with Crippen LogP contribution >= 0.6 is 12.4 Å². The highest BCUT2D eigenvalue weighted by atomic mass is 35.5. The number of carbonyl (C=O) groups excluding carboxylic acids is 1. The second-order valence-electron chi connectivity index (χ2n) is 6.64. The quantitative estimate of drug-likeness (QED) is 0.874. The van der Waals surface area contributed by atoms with Crippen LogP contribution < -0.4 is 11.1 Å². The Bertz CT molecular complexity index is 484. The first-order valence-corrected chi connectivity index (χ1v) is 8.07. The van der Waals surface area contributed by atoms with Crippen molar-refractivity contribution in [2.75, 3.05) is 6.54 Å². The van der Waals surface area contributed by atoms with Crippen molar-refractivity contribution in [2.24, 2.45) is 17.6 Å². The molecule has 0 aliphatic heterocycles. The summed E-state index contributed by atoms with van der Waals surface area (Å²) in [6, 6.07) is 6.75. The van der Waals surface area contributed by atoms with Crippen LogP contribution in [-0.4, -0.2) is 18.5 Å². The molecule has 124 valence electrons. The van der Waals surface area contributed by atoms with Gasteiger partial charge in [0.2, 0.25) is 5.91 Å². The number of hydrogen-bond acceptors (Lipinski definition) is 2. The van der Waals surface area contributed by atoms with E-state index in [2.05, 4.69) is 44.3 Å². The highest BCUT2D eigenvalue weighted by molar-refractivity contribution is 5.85. The van der Waals surface area contributed by atoms with Crippen LogP contribution in [0.25, 0.3) is 0 Å². The molecule has 1 amide bonds. The molecule has 3 N–H and O–H groups in total. The monoisotopic (exact) mass is 324 g/mol. The third kappa shape index (κ3) is 4.99. The first-order valence-electron chi connectivity index (χ1n) is 8.07. The minimum Gasteiger partial charge on any atom is -0.353 e. The van der Waals surface area contributed by atoms with Crippen molar-refractivity contribution in [1.29, 1.82) is 0 Å². The van der Waals surface area contributed by atoms with Gasteiger partial charge in [-0.1, -0.05) is 35.7 Å². The topological polar surface area (TPSA) is 55.1 Å². The number of rotatable bonds is 5. The lowest BCUT2D eigenvalue weighted by atomic mass is 9.94. The molecule has 0 radical (unpaired) electrons.